The van der Waals surface area contributed by atoms with Crippen molar-refractivity contribution in [2.45, 2.75) is 12.8 Å². The average molecular weight is 313 g/mol. The molecule has 0 atom stereocenters. The Hall–Kier alpha value is -2.33. The second kappa shape index (κ2) is 5.14. The van der Waals surface area contributed by atoms with Gasteiger partial charge in [0.05, 0.1) is 11.3 Å². The number of hydrogen-bond acceptors (Lipinski definition) is 3. The van der Waals surface area contributed by atoms with Crippen LogP contribution in [0, 0.1) is 5.92 Å². The van der Waals surface area contributed by atoms with Gasteiger partial charge in [-0.15, -0.1) is 0 Å². The molecule has 5 heteroatoms. The molecular formula is C17H13ClN2O2. The quantitative estimate of drug-likeness (QED) is 0.775. The SMILES string of the molecule is O=C(Nc1ccccc1-c1nc2cc(Cl)ccc2o1)C1CC1. The van der Waals surface area contributed by atoms with Crippen molar-refractivity contribution in [3.8, 4) is 11.5 Å². The Kier molecular flexibility index (Phi) is 3.12. The van der Waals surface area contributed by atoms with Crippen LogP contribution in [0.15, 0.2) is 46.9 Å². The number of anilines is 1. The van der Waals surface area contributed by atoms with Gasteiger partial charge in [-0.3, -0.25) is 4.79 Å². The molecule has 0 bridgehead atoms. The second-order valence-corrected chi connectivity index (χ2v) is 5.88. The fourth-order valence-electron chi connectivity index (χ4n) is 2.37. The largest absolute Gasteiger partial charge is 0.436 e. The number of aromatic nitrogens is 1. The maximum atomic E-state index is 12.0. The predicted molar refractivity (Wildman–Crippen MR) is 85.8 cm³/mol. The zero-order valence-electron chi connectivity index (χ0n) is 11.7. The number of halogens is 1. The van der Waals surface area contributed by atoms with Crippen molar-refractivity contribution in [1.29, 1.82) is 0 Å². The van der Waals surface area contributed by atoms with E-state index < -0.39 is 0 Å². The molecule has 0 unspecified atom stereocenters. The van der Waals surface area contributed by atoms with Crippen molar-refractivity contribution in [2.24, 2.45) is 5.92 Å². The summed E-state index contributed by atoms with van der Waals surface area (Å²) >= 11 is 5.98. The van der Waals surface area contributed by atoms with Crippen molar-refractivity contribution >= 4 is 34.3 Å². The zero-order valence-corrected chi connectivity index (χ0v) is 12.4. The van der Waals surface area contributed by atoms with Crippen LogP contribution >= 0.6 is 11.6 Å². The molecule has 4 rings (SSSR count). The molecule has 1 aromatic heterocycles. The van der Waals surface area contributed by atoms with E-state index >= 15 is 0 Å². The van der Waals surface area contributed by atoms with Crippen molar-refractivity contribution < 1.29 is 9.21 Å². The lowest BCUT2D eigenvalue weighted by Crippen LogP contribution is -2.13. The third-order valence-electron chi connectivity index (χ3n) is 3.71. The number of benzene rings is 2. The van der Waals surface area contributed by atoms with Gasteiger partial charge in [-0.1, -0.05) is 23.7 Å². The van der Waals surface area contributed by atoms with Crippen LogP contribution in [0.25, 0.3) is 22.6 Å². The molecule has 2 aromatic carbocycles. The predicted octanol–water partition coefficient (Wildman–Crippen LogP) is 4.50. The van der Waals surface area contributed by atoms with Gasteiger partial charge in [0.15, 0.2) is 5.58 Å². The van der Waals surface area contributed by atoms with Gasteiger partial charge < -0.3 is 9.73 Å². The van der Waals surface area contributed by atoms with Gasteiger partial charge in [0, 0.05) is 10.9 Å². The molecule has 0 saturated heterocycles. The van der Waals surface area contributed by atoms with E-state index in [0.717, 1.165) is 24.1 Å². The van der Waals surface area contributed by atoms with Gasteiger partial charge in [0.1, 0.15) is 5.52 Å². The lowest BCUT2D eigenvalue weighted by molar-refractivity contribution is -0.117. The van der Waals surface area contributed by atoms with E-state index in [0.29, 0.717) is 22.0 Å². The minimum Gasteiger partial charge on any atom is -0.436 e. The summed E-state index contributed by atoms with van der Waals surface area (Å²) in [5.74, 6) is 0.686. The summed E-state index contributed by atoms with van der Waals surface area (Å²) < 4.78 is 5.79. The molecule has 22 heavy (non-hydrogen) atoms. The summed E-state index contributed by atoms with van der Waals surface area (Å²) in [6, 6.07) is 12.8. The van der Waals surface area contributed by atoms with Gasteiger partial charge >= 0.3 is 0 Å². The normalized spacial score (nSPS) is 14.2. The van der Waals surface area contributed by atoms with E-state index in [-0.39, 0.29) is 11.8 Å². The minimum atomic E-state index is 0.0617. The number of para-hydroxylation sites is 1. The molecule has 0 spiro atoms. The van der Waals surface area contributed by atoms with Gasteiger partial charge in [0.2, 0.25) is 11.8 Å². The fraction of sp³-hybridized carbons (Fsp3) is 0.176. The first kappa shape index (κ1) is 13.3. The molecule has 4 nitrogen and oxygen atoms in total. The second-order valence-electron chi connectivity index (χ2n) is 5.44. The zero-order chi connectivity index (χ0) is 15.1. The summed E-state index contributed by atoms with van der Waals surface area (Å²) in [4.78, 5) is 16.5. The van der Waals surface area contributed by atoms with Crippen LogP contribution in [0.2, 0.25) is 5.02 Å². The van der Waals surface area contributed by atoms with E-state index in [9.17, 15) is 4.79 Å². The van der Waals surface area contributed by atoms with E-state index in [4.69, 9.17) is 16.0 Å². The van der Waals surface area contributed by atoms with Gasteiger partial charge in [-0.25, -0.2) is 4.98 Å². The summed E-state index contributed by atoms with van der Waals surface area (Å²) in [5.41, 5.74) is 2.86. The number of oxazole rings is 1. The summed E-state index contributed by atoms with van der Waals surface area (Å²) in [6.07, 6.45) is 1.94. The third-order valence-corrected chi connectivity index (χ3v) is 3.95. The van der Waals surface area contributed by atoms with Crippen LogP contribution in [0.1, 0.15) is 12.8 Å². The Morgan fingerprint density at radius 3 is 2.86 bits per heavy atom. The summed E-state index contributed by atoms with van der Waals surface area (Å²) in [7, 11) is 0. The van der Waals surface area contributed by atoms with Crippen molar-refractivity contribution in [1.82, 2.24) is 4.98 Å². The Morgan fingerprint density at radius 2 is 2.05 bits per heavy atom. The number of carbonyl (C=O) groups excluding carboxylic acids is 1. The van der Waals surface area contributed by atoms with Crippen molar-refractivity contribution in [3.05, 3.63) is 47.5 Å². The van der Waals surface area contributed by atoms with Crippen LogP contribution in [0.5, 0.6) is 0 Å². The first-order valence-corrected chi connectivity index (χ1v) is 7.55. The van der Waals surface area contributed by atoms with Crippen LogP contribution in [-0.2, 0) is 4.79 Å². The Labute approximate surface area is 132 Å². The number of rotatable bonds is 3. The molecule has 1 heterocycles. The topological polar surface area (TPSA) is 55.1 Å². The molecule has 3 aromatic rings. The van der Waals surface area contributed by atoms with Crippen molar-refractivity contribution in [3.63, 3.8) is 0 Å². The highest BCUT2D eigenvalue weighted by atomic mass is 35.5. The molecule has 1 saturated carbocycles. The number of amides is 1. The molecule has 0 aliphatic heterocycles. The number of hydrogen-bond donors (Lipinski definition) is 1. The molecule has 1 fully saturated rings. The highest BCUT2D eigenvalue weighted by Gasteiger charge is 2.30. The standard InChI is InChI=1S/C17H13ClN2O2/c18-11-7-8-15-14(9-11)20-17(22-15)12-3-1-2-4-13(12)19-16(21)10-5-6-10/h1-4,7-10H,5-6H2,(H,19,21). The maximum absolute atomic E-state index is 12.0. The summed E-state index contributed by atoms with van der Waals surface area (Å²) in [6.45, 7) is 0. The Morgan fingerprint density at radius 1 is 1.23 bits per heavy atom. The monoisotopic (exact) mass is 312 g/mol. The number of carbonyl (C=O) groups is 1. The molecule has 1 aliphatic rings. The van der Waals surface area contributed by atoms with Crippen molar-refractivity contribution in [2.75, 3.05) is 5.32 Å². The highest BCUT2D eigenvalue weighted by molar-refractivity contribution is 6.31. The summed E-state index contributed by atoms with van der Waals surface area (Å²) in [5, 5.41) is 3.58. The van der Waals surface area contributed by atoms with E-state index in [2.05, 4.69) is 10.3 Å². The first-order chi connectivity index (χ1) is 10.7. The maximum Gasteiger partial charge on any atom is 0.229 e. The lowest BCUT2D eigenvalue weighted by atomic mass is 10.1. The van der Waals surface area contributed by atoms with Crippen LogP contribution in [0.3, 0.4) is 0 Å². The van der Waals surface area contributed by atoms with E-state index in [1.54, 1.807) is 18.2 Å². The number of fused-ring (bicyclic) bond motifs is 1. The minimum absolute atomic E-state index is 0.0617. The van der Waals surface area contributed by atoms with Gasteiger partial charge in [0.25, 0.3) is 0 Å². The molecule has 0 radical (unpaired) electrons. The van der Waals surface area contributed by atoms with E-state index in [1.165, 1.54) is 0 Å². The highest BCUT2D eigenvalue weighted by Crippen LogP contribution is 2.34. The fourth-order valence-corrected chi connectivity index (χ4v) is 2.54. The van der Waals surface area contributed by atoms with E-state index in [1.807, 2.05) is 24.3 Å². The lowest BCUT2D eigenvalue weighted by Gasteiger charge is -2.07. The molecule has 1 amide bonds. The third kappa shape index (κ3) is 2.46. The molecule has 110 valence electrons. The molecule has 1 aliphatic carbocycles. The Balaban J connectivity index is 1.75. The van der Waals surface area contributed by atoms with Gasteiger partial charge in [-0.05, 0) is 43.2 Å². The van der Waals surface area contributed by atoms with Gasteiger partial charge in [-0.2, -0.15) is 0 Å². The van der Waals surface area contributed by atoms with Crippen LogP contribution < -0.4 is 5.32 Å². The Bertz CT molecular complexity index is 868. The smallest absolute Gasteiger partial charge is 0.229 e. The first-order valence-electron chi connectivity index (χ1n) is 7.17. The van der Waals surface area contributed by atoms with Crippen LogP contribution in [0.4, 0.5) is 5.69 Å². The molecule has 1 N–H and O–H groups in total. The average Bonchev–Trinajstić information content (AvgIpc) is 3.28. The van der Waals surface area contributed by atoms with Crippen LogP contribution in [-0.4, -0.2) is 10.9 Å². The number of nitrogens with zero attached hydrogens (tertiary/aromatic N) is 1. The molecular weight excluding hydrogens is 300 g/mol. The number of nitrogens with one attached hydrogen (secondary N) is 1.